The van der Waals surface area contributed by atoms with Crippen molar-refractivity contribution in [3.63, 3.8) is 0 Å². The van der Waals surface area contributed by atoms with E-state index in [1.165, 1.54) is 12.8 Å². The molecule has 0 aliphatic heterocycles. The van der Waals surface area contributed by atoms with Crippen LogP contribution >= 0.6 is 11.8 Å². The van der Waals surface area contributed by atoms with Crippen molar-refractivity contribution in [2.24, 2.45) is 0 Å². The van der Waals surface area contributed by atoms with E-state index < -0.39 is 0 Å². The Hall–Kier alpha value is -1.40. The molecule has 2 aromatic rings. The molecule has 1 N–H and O–H groups in total. The number of benzene rings is 1. The van der Waals surface area contributed by atoms with Gasteiger partial charge in [-0.25, -0.2) is 4.68 Å². The third kappa shape index (κ3) is 2.79. The summed E-state index contributed by atoms with van der Waals surface area (Å²) in [5.74, 6) is 0. The van der Waals surface area contributed by atoms with E-state index in [2.05, 4.69) is 15.5 Å². The fourth-order valence-electron chi connectivity index (χ4n) is 1.90. The van der Waals surface area contributed by atoms with Crippen LogP contribution in [0.1, 0.15) is 43.9 Å². The van der Waals surface area contributed by atoms with E-state index in [4.69, 9.17) is 0 Å². The molecule has 1 aliphatic carbocycles. The van der Waals surface area contributed by atoms with Crippen LogP contribution in [0.2, 0.25) is 0 Å². The van der Waals surface area contributed by atoms with Gasteiger partial charge in [-0.3, -0.25) is 0 Å². The summed E-state index contributed by atoms with van der Waals surface area (Å²) in [6, 6.07) is 8.41. The topological polar surface area (TPSA) is 63.8 Å². The smallest absolute Gasteiger partial charge is 0.214 e. The minimum atomic E-state index is -0.379. The normalized spacial score (nSPS) is 16.5. The lowest BCUT2D eigenvalue weighted by Gasteiger charge is -2.08. The third-order valence-corrected chi connectivity index (χ3v) is 4.18. The second-order valence-electron chi connectivity index (χ2n) is 4.73. The molecule has 1 atom stereocenters. The number of aliphatic hydroxyl groups is 1. The Morgan fingerprint density at radius 1 is 1.37 bits per heavy atom. The molecule has 0 spiro atoms. The standard InChI is InChI=1S/C13H16N4OS/c1-2-12(18)9-3-7-11(8-4-9)19-13-14-15-16-17(13)10-5-6-10/h3-4,7-8,10,12,18H,2,5-6H2,1H3/t12-/m1/s1. The average molecular weight is 276 g/mol. The summed E-state index contributed by atoms with van der Waals surface area (Å²) in [5, 5.41) is 22.4. The van der Waals surface area contributed by atoms with Gasteiger partial charge in [0.05, 0.1) is 12.1 Å². The zero-order valence-corrected chi connectivity index (χ0v) is 11.5. The average Bonchev–Trinajstić information content (AvgIpc) is 3.19. The first kappa shape index (κ1) is 12.6. The summed E-state index contributed by atoms with van der Waals surface area (Å²) in [7, 11) is 0. The third-order valence-electron chi connectivity index (χ3n) is 3.22. The lowest BCUT2D eigenvalue weighted by Crippen LogP contribution is -1.98. The number of nitrogens with zero attached hydrogens (tertiary/aromatic N) is 4. The van der Waals surface area contributed by atoms with E-state index >= 15 is 0 Å². The Kier molecular flexibility index (Phi) is 3.52. The van der Waals surface area contributed by atoms with E-state index in [1.54, 1.807) is 11.8 Å². The van der Waals surface area contributed by atoms with Gasteiger partial charge in [-0.1, -0.05) is 19.1 Å². The van der Waals surface area contributed by atoms with Crippen molar-refractivity contribution in [3.8, 4) is 0 Å². The number of rotatable bonds is 5. The van der Waals surface area contributed by atoms with Gasteiger partial charge in [0.15, 0.2) is 0 Å². The number of hydrogen-bond acceptors (Lipinski definition) is 5. The molecule has 1 aliphatic rings. The summed E-state index contributed by atoms with van der Waals surface area (Å²) < 4.78 is 1.90. The first-order valence-corrected chi connectivity index (χ1v) is 7.33. The maximum absolute atomic E-state index is 9.76. The van der Waals surface area contributed by atoms with E-state index in [-0.39, 0.29) is 6.10 Å². The van der Waals surface area contributed by atoms with Crippen molar-refractivity contribution >= 4 is 11.8 Å². The second-order valence-corrected chi connectivity index (χ2v) is 5.77. The van der Waals surface area contributed by atoms with Gasteiger partial charge in [-0.05, 0) is 59.1 Å². The van der Waals surface area contributed by atoms with Crippen LogP contribution in [0.25, 0.3) is 0 Å². The molecule has 1 fully saturated rings. The largest absolute Gasteiger partial charge is 0.388 e. The number of tetrazole rings is 1. The number of aromatic nitrogens is 4. The van der Waals surface area contributed by atoms with E-state index in [0.29, 0.717) is 6.04 Å². The van der Waals surface area contributed by atoms with E-state index in [0.717, 1.165) is 22.0 Å². The molecule has 1 aromatic carbocycles. The first-order valence-electron chi connectivity index (χ1n) is 6.51. The minimum Gasteiger partial charge on any atom is -0.388 e. The summed E-state index contributed by atoms with van der Waals surface area (Å²) in [5.41, 5.74) is 0.952. The minimum absolute atomic E-state index is 0.379. The lowest BCUT2D eigenvalue weighted by atomic mass is 10.1. The molecule has 100 valence electrons. The molecular formula is C13H16N4OS. The van der Waals surface area contributed by atoms with Crippen molar-refractivity contribution in [1.29, 1.82) is 0 Å². The Labute approximate surface area is 116 Å². The zero-order chi connectivity index (χ0) is 13.2. The van der Waals surface area contributed by atoms with Gasteiger partial charge in [0, 0.05) is 4.90 Å². The second kappa shape index (κ2) is 5.30. The Morgan fingerprint density at radius 2 is 2.11 bits per heavy atom. The highest BCUT2D eigenvalue weighted by molar-refractivity contribution is 7.99. The highest BCUT2D eigenvalue weighted by Gasteiger charge is 2.28. The molecule has 6 heteroatoms. The molecule has 19 heavy (non-hydrogen) atoms. The monoisotopic (exact) mass is 276 g/mol. The summed E-state index contributed by atoms with van der Waals surface area (Å²) >= 11 is 1.56. The predicted octanol–water partition coefficient (Wildman–Crippen LogP) is 2.60. The van der Waals surface area contributed by atoms with Crippen molar-refractivity contribution in [2.75, 3.05) is 0 Å². The molecule has 0 bridgehead atoms. The summed E-state index contributed by atoms with van der Waals surface area (Å²) in [6.45, 7) is 1.97. The molecular weight excluding hydrogens is 260 g/mol. The van der Waals surface area contributed by atoms with Gasteiger partial charge >= 0.3 is 0 Å². The Bertz CT molecular complexity index is 550. The van der Waals surface area contributed by atoms with Crippen molar-refractivity contribution in [1.82, 2.24) is 20.2 Å². The molecule has 1 aromatic heterocycles. The van der Waals surface area contributed by atoms with Crippen LogP contribution < -0.4 is 0 Å². The fraction of sp³-hybridized carbons (Fsp3) is 0.462. The summed E-state index contributed by atoms with van der Waals surface area (Å²) in [6.07, 6.45) is 2.68. The first-order chi connectivity index (χ1) is 9.28. The van der Waals surface area contributed by atoms with E-state index in [1.807, 2.05) is 35.9 Å². The van der Waals surface area contributed by atoms with Crippen LogP contribution in [-0.4, -0.2) is 25.3 Å². The molecule has 0 saturated heterocycles. The molecule has 1 heterocycles. The van der Waals surface area contributed by atoms with Crippen LogP contribution in [0.4, 0.5) is 0 Å². The molecule has 0 amide bonds. The van der Waals surface area contributed by atoms with Crippen LogP contribution in [0, 0.1) is 0 Å². The van der Waals surface area contributed by atoms with Gasteiger partial charge in [0.25, 0.3) is 0 Å². The fourth-order valence-corrected chi connectivity index (χ4v) is 2.74. The lowest BCUT2D eigenvalue weighted by molar-refractivity contribution is 0.173. The summed E-state index contributed by atoms with van der Waals surface area (Å²) in [4.78, 5) is 1.09. The predicted molar refractivity (Wildman–Crippen MR) is 71.9 cm³/mol. The Balaban J connectivity index is 1.74. The van der Waals surface area contributed by atoms with Crippen LogP contribution in [0.5, 0.6) is 0 Å². The molecule has 3 rings (SSSR count). The van der Waals surface area contributed by atoms with Gasteiger partial charge in [-0.15, -0.1) is 5.10 Å². The van der Waals surface area contributed by atoms with Crippen molar-refractivity contribution in [3.05, 3.63) is 29.8 Å². The molecule has 5 nitrogen and oxygen atoms in total. The molecule has 1 saturated carbocycles. The van der Waals surface area contributed by atoms with E-state index in [9.17, 15) is 5.11 Å². The molecule has 0 unspecified atom stereocenters. The number of aliphatic hydroxyl groups excluding tert-OH is 1. The maximum atomic E-state index is 9.76. The SMILES string of the molecule is CC[C@@H](O)c1ccc(Sc2nnnn2C2CC2)cc1. The van der Waals surface area contributed by atoms with Gasteiger partial charge in [0.2, 0.25) is 5.16 Å². The number of hydrogen-bond donors (Lipinski definition) is 1. The Morgan fingerprint density at radius 3 is 2.74 bits per heavy atom. The highest BCUT2D eigenvalue weighted by Crippen LogP contribution is 2.38. The quantitative estimate of drug-likeness (QED) is 0.909. The molecule has 0 radical (unpaired) electrons. The maximum Gasteiger partial charge on any atom is 0.214 e. The van der Waals surface area contributed by atoms with Gasteiger partial charge in [0.1, 0.15) is 0 Å². The van der Waals surface area contributed by atoms with Crippen LogP contribution in [-0.2, 0) is 0 Å². The highest BCUT2D eigenvalue weighted by atomic mass is 32.2. The van der Waals surface area contributed by atoms with Crippen LogP contribution in [0.3, 0.4) is 0 Å². The van der Waals surface area contributed by atoms with Crippen LogP contribution in [0.15, 0.2) is 34.3 Å². The van der Waals surface area contributed by atoms with Crippen molar-refractivity contribution in [2.45, 2.75) is 48.4 Å². The zero-order valence-electron chi connectivity index (χ0n) is 10.7. The van der Waals surface area contributed by atoms with Crippen molar-refractivity contribution < 1.29 is 5.11 Å². The van der Waals surface area contributed by atoms with Gasteiger partial charge in [-0.2, -0.15) is 0 Å². The van der Waals surface area contributed by atoms with Gasteiger partial charge < -0.3 is 5.11 Å².